The van der Waals surface area contributed by atoms with Gasteiger partial charge in [0, 0.05) is 31.9 Å². The largest absolute Gasteiger partial charge is 0.472 e. The summed E-state index contributed by atoms with van der Waals surface area (Å²) in [4.78, 5) is 25.2. The highest BCUT2D eigenvalue weighted by atomic mass is 19.4. The van der Waals surface area contributed by atoms with E-state index in [1.165, 1.54) is 18.3 Å². The molecule has 0 saturated carbocycles. The van der Waals surface area contributed by atoms with Gasteiger partial charge in [0.25, 0.3) is 0 Å². The van der Waals surface area contributed by atoms with Gasteiger partial charge < -0.3 is 24.6 Å². The lowest BCUT2D eigenvalue weighted by molar-refractivity contribution is -0.137. The van der Waals surface area contributed by atoms with Crippen LogP contribution < -0.4 is 15.0 Å². The molecular formula is C27H30F3N5O3. The van der Waals surface area contributed by atoms with E-state index in [2.05, 4.69) is 15.3 Å². The van der Waals surface area contributed by atoms with Crippen molar-refractivity contribution in [2.24, 2.45) is 0 Å². The summed E-state index contributed by atoms with van der Waals surface area (Å²) in [7, 11) is 0. The number of piperazine rings is 1. The second kappa shape index (κ2) is 11.2. The van der Waals surface area contributed by atoms with E-state index >= 15 is 0 Å². The molecule has 2 heterocycles. The maximum Gasteiger partial charge on any atom is 0.416 e. The molecule has 4 rings (SSSR count). The average Bonchev–Trinajstić information content (AvgIpc) is 2.87. The lowest BCUT2D eigenvalue weighted by Crippen LogP contribution is -2.50. The van der Waals surface area contributed by atoms with Crippen molar-refractivity contribution in [2.45, 2.75) is 39.2 Å². The van der Waals surface area contributed by atoms with Crippen molar-refractivity contribution in [3.63, 3.8) is 0 Å². The lowest BCUT2D eigenvalue weighted by Gasteiger charge is -2.36. The number of nitrogens with one attached hydrogen (secondary N) is 1. The molecule has 1 N–H and O–H groups in total. The molecule has 1 amide bonds. The third kappa shape index (κ3) is 7.27. The highest BCUT2D eigenvalue weighted by Crippen LogP contribution is 2.32. The van der Waals surface area contributed by atoms with Crippen LogP contribution in [0.5, 0.6) is 5.88 Å². The van der Waals surface area contributed by atoms with E-state index in [4.69, 9.17) is 9.47 Å². The number of hydrogen-bond acceptors (Lipinski definition) is 7. The smallest absolute Gasteiger partial charge is 0.416 e. The first-order chi connectivity index (χ1) is 18.0. The van der Waals surface area contributed by atoms with Gasteiger partial charge in [-0.25, -0.2) is 9.78 Å². The van der Waals surface area contributed by atoms with E-state index < -0.39 is 17.3 Å². The van der Waals surface area contributed by atoms with Crippen LogP contribution in [0.25, 0.3) is 0 Å². The van der Waals surface area contributed by atoms with E-state index in [0.717, 1.165) is 17.7 Å². The third-order valence-electron chi connectivity index (χ3n) is 5.67. The molecule has 0 atom stereocenters. The van der Waals surface area contributed by atoms with E-state index in [1.54, 1.807) is 4.90 Å². The Hall–Kier alpha value is -4.02. The number of rotatable bonds is 6. The summed E-state index contributed by atoms with van der Waals surface area (Å²) in [6, 6.07) is 14.3. The van der Waals surface area contributed by atoms with Crippen LogP contribution in [0.4, 0.5) is 35.3 Å². The molecule has 2 aromatic carbocycles. The van der Waals surface area contributed by atoms with Crippen LogP contribution in [0.1, 0.15) is 31.9 Å². The standard InChI is InChI=1S/C27H30F3N5O3/c1-26(2,3)38-25(36)35-15-13-34(14-16-35)24-23(32-21-11-9-20(10-12-21)27(28,29)30)33-22(17-31-24)37-18-19-7-5-4-6-8-19/h4-12,17H,13-16,18H2,1-3H3,(H,32,33). The molecule has 8 nitrogen and oxygen atoms in total. The van der Waals surface area contributed by atoms with Crippen LogP contribution in [0.3, 0.4) is 0 Å². The predicted molar refractivity (Wildman–Crippen MR) is 138 cm³/mol. The quantitative estimate of drug-likeness (QED) is 0.428. The van der Waals surface area contributed by atoms with Gasteiger partial charge >= 0.3 is 12.3 Å². The zero-order valence-corrected chi connectivity index (χ0v) is 21.5. The highest BCUT2D eigenvalue weighted by molar-refractivity contribution is 5.71. The van der Waals surface area contributed by atoms with Crippen LogP contribution in [0, 0.1) is 0 Å². The number of carbonyl (C=O) groups is 1. The molecule has 0 bridgehead atoms. The number of carbonyl (C=O) groups excluding carboxylic acids is 1. The SMILES string of the molecule is CC(C)(C)OC(=O)N1CCN(c2ncc(OCc3ccccc3)nc2Nc2ccc(C(F)(F)F)cc2)CC1. The first-order valence-corrected chi connectivity index (χ1v) is 12.2. The molecule has 1 aliphatic rings. The molecule has 1 aliphatic heterocycles. The van der Waals surface area contributed by atoms with Gasteiger partial charge in [0.05, 0.1) is 11.8 Å². The Kier molecular flexibility index (Phi) is 7.94. The number of amides is 1. The first kappa shape index (κ1) is 27.0. The molecule has 0 spiro atoms. The summed E-state index contributed by atoms with van der Waals surface area (Å²) >= 11 is 0. The number of nitrogens with zero attached hydrogens (tertiary/aromatic N) is 4. The van der Waals surface area contributed by atoms with E-state index in [0.29, 0.717) is 43.5 Å². The van der Waals surface area contributed by atoms with Crippen LogP contribution >= 0.6 is 0 Å². The highest BCUT2D eigenvalue weighted by Gasteiger charge is 2.30. The summed E-state index contributed by atoms with van der Waals surface area (Å²) in [5.74, 6) is 1.10. The maximum absolute atomic E-state index is 13.0. The molecular weight excluding hydrogens is 499 g/mol. The van der Waals surface area contributed by atoms with Gasteiger partial charge in [-0.05, 0) is 50.6 Å². The molecule has 3 aromatic rings. The minimum absolute atomic E-state index is 0.263. The van der Waals surface area contributed by atoms with Crippen molar-refractivity contribution >= 4 is 23.4 Å². The molecule has 1 fully saturated rings. The van der Waals surface area contributed by atoms with Crippen LogP contribution in [0.2, 0.25) is 0 Å². The second-order valence-corrected chi connectivity index (χ2v) is 9.81. The lowest BCUT2D eigenvalue weighted by atomic mass is 10.2. The van der Waals surface area contributed by atoms with Crippen molar-refractivity contribution in [2.75, 3.05) is 36.4 Å². The third-order valence-corrected chi connectivity index (χ3v) is 5.67. The Bertz CT molecular complexity index is 1220. The van der Waals surface area contributed by atoms with Gasteiger partial charge in [0.15, 0.2) is 11.6 Å². The molecule has 202 valence electrons. The van der Waals surface area contributed by atoms with Crippen LogP contribution in [0.15, 0.2) is 60.8 Å². The molecule has 1 saturated heterocycles. The number of anilines is 3. The maximum atomic E-state index is 13.0. The first-order valence-electron chi connectivity index (χ1n) is 12.2. The second-order valence-electron chi connectivity index (χ2n) is 9.81. The van der Waals surface area contributed by atoms with E-state index in [1.807, 2.05) is 56.0 Å². The molecule has 0 aliphatic carbocycles. The molecule has 1 aromatic heterocycles. The number of benzene rings is 2. The Labute approximate surface area is 219 Å². The molecule has 11 heteroatoms. The fourth-order valence-electron chi connectivity index (χ4n) is 3.79. The van der Waals surface area contributed by atoms with Gasteiger partial charge in [-0.1, -0.05) is 30.3 Å². The number of halogens is 3. The van der Waals surface area contributed by atoms with Gasteiger partial charge in [0.2, 0.25) is 5.88 Å². The van der Waals surface area contributed by atoms with Gasteiger partial charge in [0.1, 0.15) is 12.2 Å². The van der Waals surface area contributed by atoms with Crippen molar-refractivity contribution in [1.82, 2.24) is 14.9 Å². The average molecular weight is 530 g/mol. The minimum atomic E-state index is -4.43. The molecule has 38 heavy (non-hydrogen) atoms. The Balaban J connectivity index is 1.52. The van der Waals surface area contributed by atoms with E-state index in [9.17, 15) is 18.0 Å². The monoisotopic (exact) mass is 529 g/mol. The van der Waals surface area contributed by atoms with Gasteiger partial charge in [-0.2, -0.15) is 18.2 Å². The van der Waals surface area contributed by atoms with Crippen molar-refractivity contribution in [3.8, 4) is 5.88 Å². The summed E-state index contributed by atoms with van der Waals surface area (Å²) in [6.45, 7) is 7.51. The Morgan fingerprint density at radius 3 is 2.24 bits per heavy atom. The van der Waals surface area contributed by atoms with Gasteiger partial charge in [-0.3, -0.25) is 0 Å². The fourth-order valence-corrected chi connectivity index (χ4v) is 3.79. The fraction of sp³-hybridized carbons (Fsp3) is 0.370. The van der Waals surface area contributed by atoms with Crippen LogP contribution in [-0.4, -0.2) is 52.7 Å². The molecule has 0 radical (unpaired) electrons. The normalized spacial score (nSPS) is 14.3. The number of alkyl halides is 3. The van der Waals surface area contributed by atoms with Crippen molar-refractivity contribution < 1.29 is 27.4 Å². The zero-order valence-electron chi connectivity index (χ0n) is 21.5. The topological polar surface area (TPSA) is 79.8 Å². The minimum Gasteiger partial charge on any atom is -0.472 e. The summed E-state index contributed by atoms with van der Waals surface area (Å²) in [6.07, 6.45) is -3.30. The van der Waals surface area contributed by atoms with Crippen molar-refractivity contribution in [1.29, 1.82) is 0 Å². The van der Waals surface area contributed by atoms with Gasteiger partial charge in [-0.15, -0.1) is 0 Å². The van der Waals surface area contributed by atoms with Crippen molar-refractivity contribution in [3.05, 3.63) is 71.9 Å². The number of ether oxygens (including phenoxy) is 2. The molecule has 0 unspecified atom stereocenters. The Morgan fingerprint density at radius 2 is 1.63 bits per heavy atom. The number of aromatic nitrogens is 2. The van der Waals surface area contributed by atoms with Crippen LogP contribution in [-0.2, 0) is 17.5 Å². The Morgan fingerprint density at radius 1 is 0.974 bits per heavy atom. The summed E-state index contributed by atoms with van der Waals surface area (Å²) < 4.78 is 50.3. The summed E-state index contributed by atoms with van der Waals surface area (Å²) in [5, 5.41) is 3.08. The zero-order chi connectivity index (χ0) is 27.3. The summed E-state index contributed by atoms with van der Waals surface area (Å²) in [5.41, 5.74) is 0.0382. The predicted octanol–water partition coefficient (Wildman–Crippen LogP) is 5.88. The number of hydrogen-bond donors (Lipinski definition) is 1. The van der Waals surface area contributed by atoms with E-state index in [-0.39, 0.29) is 18.6 Å².